The summed E-state index contributed by atoms with van der Waals surface area (Å²) in [5.41, 5.74) is 8.78. The summed E-state index contributed by atoms with van der Waals surface area (Å²) in [6, 6.07) is 12.5. The van der Waals surface area contributed by atoms with Crippen LogP contribution in [0, 0.1) is 6.92 Å². The number of piperazine rings is 1. The Morgan fingerprint density at radius 3 is 2.56 bits per heavy atom. The summed E-state index contributed by atoms with van der Waals surface area (Å²) in [7, 11) is 4.20. The molecule has 9 heteroatoms. The predicted octanol–water partition coefficient (Wildman–Crippen LogP) is 3.00. The third kappa shape index (κ3) is 4.94. The number of aromatic nitrogens is 2. The Balaban J connectivity index is 1.47. The van der Waals surface area contributed by atoms with Crippen LogP contribution in [0.5, 0.6) is 6.01 Å². The van der Waals surface area contributed by atoms with Crippen LogP contribution < -0.4 is 20.7 Å². The highest BCUT2D eigenvalue weighted by Crippen LogP contribution is 2.30. The molecule has 2 saturated heterocycles. The standard InChI is InChI=1S/C27H35N7O2/c1-18-7-4-8-19-9-5-11-21(22(18)19)29-26(35)24-23(28)25(34-15-13-32(2)14-16-34)31-27(30-24)36-17-20-10-6-12-33(20)3/h4-5,7-9,11,20H,6,10,12-17,28H2,1-3H3,(H,29,35)/t20-/m0/s1. The summed E-state index contributed by atoms with van der Waals surface area (Å²) in [5, 5.41) is 5.11. The van der Waals surface area contributed by atoms with Gasteiger partial charge in [-0.25, -0.2) is 0 Å². The first-order chi connectivity index (χ1) is 17.4. The summed E-state index contributed by atoms with van der Waals surface area (Å²) < 4.78 is 6.06. The van der Waals surface area contributed by atoms with Crippen LogP contribution >= 0.6 is 0 Å². The maximum atomic E-state index is 13.6. The second-order valence-electron chi connectivity index (χ2n) is 9.90. The van der Waals surface area contributed by atoms with Crippen LogP contribution in [-0.4, -0.2) is 85.1 Å². The SMILES string of the molecule is Cc1cccc2cccc(NC(=O)c3nc(OC[C@@H]4CCCN4C)nc(N4CCN(C)CC4)c3N)c12. The lowest BCUT2D eigenvalue weighted by molar-refractivity contribution is 0.102. The summed E-state index contributed by atoms with van der Waals surface area (Å²) in [4.78, 5) is 29.4. The van der Waals surface area contributed by atoms with Crippen LogP contribution in [0.2, 0.25) is 0 Å². The fraction of sp³-hybridized carbons (Fsp3) is 0.444. The quantitative estimate of drug-likeness (QED) is 0.545. The molecule has 1 amide bonds. The maximum Gasteiger partial charge on any atom is 0.319 e. The van der Waals surface area contributed by atoms with E-state index in [1.165, 1.54) is 0 Å². The van der Waals surface area contributed by atoms with Gasteiger partial charge in [0.15, 0.2) is 11.5 Å². The van der Waals surface area contributed by atoms with Crippen molar-refractivity contribution in [1.29, 1.82) is 0 Å². The molecular formula is C27H35N7O2. The number of nitrogen functional groups attached to an aromatic ring is 1. The predicted molar refractivity (Wildman–Crippen MR) is 144 cm³/mol. The summed E-state index contributed by atoms with van der Waals surface area (Å²) >= 11 is 0. The van der Waals surface area contributed by atoms with E-state index in [1.807, 2.05) is 43.3 Å². The first-order valence-electron chi connectivity index (χ1n) is 12.6. The largest absolute Gasteiger partial charge is 0.462 e. The molecule has 0 unspecified atom stereocenters. The molecule has 2 aromatic carbocycles. The molecule has 190 valence electrons. The van der Waals surface area contributed by atoms with Gasteiger partial charge in [0.25, 0.3) is 5.91 Å². The Hall–Kier alpha value is -3.43. The second kappa shape index (κ2) is 10.3. The van der Waals surface area contributed by atoms with Crippen LogP contribution in [-0.2, 0) is 0 Å². The van der Waals surface area contributed by atoms with Crippen molar-refractivity contribution < 1.29 is 9.53 Å². The Morgan fingerprint density at radius 2 is 1.83 bits per heavy atom. The number of carbonyl (C=O) groups excluding carboxylic acids is 1. The van der Waals surface area contributed by atoms with Gasteiger partial charge in [0.05, 0.1) is 0 Å². The van der Waals surface area contributed by atoms with Gasteiger partial charge in [0, 0.05) is 43.3 Å². The molecule has 3 heterocycles. The van der Waals surface area contributed by atoms with Gasteiger partial charge < -0.3 is 30.5 Å². The summed E-state index contributed by atoms with van der Waals surface area (Å²) in [6.45, 7) is 6.90. The van der Waals surface area contributed by atoms with E-state index in [1.54, 1.807) is 0 Å². The molecule has 9 nitrogen and oxygen atoms in total. The highest BCUT2D eigenvalue weighted by molar-refractivity contribution is 6.11. The molecule has 0 saturated carbocycles. The number of rotatable bonds is 6. The van der Waals surface area contributed by atoms with Crippen LogP contribution in [0.3, 0.4) is 0 Å². The lowest BCUT2D eigenvalue weighted by atomic mass is 10.0. The molecule has 1 atom stereocenters. The molecule has 3 N–H and O–H groups in total. The average molecular weight is 490 g/mol. The first kappa shape index (κ1) is 24.3. The topological polar surface area (TPSA) is 99.8 Å². The number of likely N-dealkylation sites (N-methyl/N-ethyl adjacent to an activating group) is 2. The van der Waals surface area contributed by atoms with Crippen molar-refractivity contribution in [3.05, 3.63) is 47.7 Å². The van der Waals surface area contributed by atoms with E-state index in [0.29, 0.717) is 18.5 Å². The molecule has 2 aliphatic heterocycles. The fourth-order valence-corrected chi connectivity index (χ4v) is 5.11. The number of benzene rings is 2. The second-order valence-corrected chi connectivity index (χ2v) is 9.90. The number of nitrogens with one attached hydrogen (secondary N) is 1. The smallest absolute Gasteiger partial charge is 0.319 e. The van der Waals surface area contributed by atoms with E-state index in [2.05, 4.69) is 44.1 Å². The molecule has 0 bridgehead atoms. The third-order valence-electron chi connectivity index (χ3n) is 7.36. The molecule has 2 aliphatic rings. The minimum Gasteiger partial charge on any atom is -0.462 e. The van der Waals surface area contributed by atoms with Crippen molar-refractivity contribution in [2.75, 3.05) is 69.4 Å². The van der Waals surface area contributed by atoms with Crippen molar-refractivity contribution in [3.8, 4) is 6.01 Å². The molecule has 1 aromatic heterocycles. The molecule has 3 aromatic rings. The summed E-state index contributed by atoms with van der Waals surface area (Å²) in [5.74, 6) is 0.191. The minimum absolute atomic E-state index is 0.138. The Kier molecular flexibility index (Phi) is 6.93. The molecule has 36 heavy (non-hydrogen) atoms. The number of nitrogens with two attached hydrogens (primary N) is 1. The molecule has 2 fully saturated rings. The van der Waals surface area contributed by atoms with Crippen molar-refractivity contribution in [2.24, 2.45) is 0 Å². The zero-order valence-electron chi connectivity index (χ0n) is 21.3. The normalized spacial score (nSPS) is 19.1. The highest BCUT2D eigenvalue weighted by atomic mass is 16.5. The van der Waals surface area contributed by atoms with Crippen molar-refractivity contribution in [3.63, 3.8) is 0 Å². The number of nitrogens with zero attached hydrogens (tertiary/aromatic N) is 5. The minimum atomic E-state index is -0.371. The van der Waals surface area contributed by atoms with Crippen LogP contribution in [0.15, 0.2) is 36.4 Å². The molecule has 0 radical (unpaired) electrons. The number of amides is 1. The van der Waals surface area contributed by atoms with Gasteiger partial charge in [-0.3, -0.25) is 4.79 Å². The van der Waals surface area contributed by atoms with Gasteiger partial charge in [-0.15, -0.1) is 0 Å². The third-order valence-corrected chi connectivity index (χ3v) is 7.36. The number of anilines is 3. The first-order valence-corrected chi connectivity index (χ1v) is 12.6. The number of ether oxygens (including phenoxy) is 1. The van der Waals surface area contributed by atoms with Crippen LogP contribution in [0.25, 0.3) is 10.8 Å². The molecular weight excluding hydrogens is 454 g/mol. The Bertz CT molecular complexity index is 1250. The fourth-order valence-electron chi connectivity index (χ4n) is 5.11. The maximum absolute atomic E-state index is 13.6. The monoisotopic (exact) mass is 489 g/mol. The molecule has 0 spiro atoms. The van der Waals surface area contributed by atoms with Crippen LogP contribution in [0.4, 0.5) is 17.2 Å². The van der Waals surface area contributed by atoms with E-state index < -0.39 is 0 Å². The van der Waals surface area contributed by atoms with Gasteiger partial charge in [0.1, 0.15) is 12.3 Å². The number of likely N-dealkylation sites (tertiary alicyclic amines) is 1. The van der Waals surface area contributed by atoms with Gasteiger partial charge in [0.2, 0.25) is 0 Å². The number of hydrogen-bond donors (Lipinski definition) is 2. The van der Waals surface area contributed by atoms with Gasteiger partial charge in [-0.2, -0.15) is 9.97 Å². The van der Waals surface area contributed by atoms with Gasteiger partial charge >= 0.3 is 6.01 Å². The number of aryl methyl sites for hydroxylation is 1. The van der Waals surface area contributed by atoms with E-state index in [4.69, 9.17) is 10.5 Å². The van der Waals surface area contributed by atoms with Gasteiger partial charge in [-0.05, 0) is 57.4 Å². The molecule has 5 rings (SSSR count). The van der Waals surface area contributed by atoms with Crippen LogP contribution in [0.1, 0.15) is 28.9 Å². The van der Waals surface area contributed by atoms with Crippen molar-refractivity contribution >= 4 is 33.9 Å². The lowest BCUT2D eigenvalue weighted by Gasteiger charge is -2.34. The zero-order chi connectivity index (χ0) is 25.2. The van der Waals surface area contributed by atoms with E-state index >= 15 is 0 Å². The number of fused-ring (bicyclic) bond motifs is 1. The van der Waals surface area contributed by atoms with E-state index in [0.717, 1.165) is 67.6 Å². The average Bonchev–Trinajstić information content (AvgIpc) is 3.28. The Morgan fingerprint density at radius 1 is 1.08 bits per heavy atom. The van der Waals surface area contributed by atoms with E-state index in [9.17, 15) is 4.79 Å². The zero-order valence-corrected chi connectivity index (χ0v) is 21.3. The summed E-state index contributed by atoms with van der Waals surface area (Å²) in [6.07, 6.45) is 2.22. The molecule has 0 aliphatic carbocycles. The van der Waals surface area contributed by atoms with Crippen molar-refractivity contribution in [2.45, 2.75) is 25.8 Å². The highest BCUT2D eigenvalue weighted by Gasteiger charge is 2.27. The van der Waals surface area contributed by atoms with Crippen molar-refractivity contribution in [1.82, 2.24) is 19.8 Å². The number of carbonyl (C=O) groups is 1. The number of hydrogen-bond acceptors (Lipinski definition) is 8. The lowest BCUT2D eigenvalue weighted by Crippen LogP contribution is -2.45. The Labute approximate surface area is 212 Å². The van der Waals surface area contributed by atoms with E-state index in [-0.39, 0.29) is 23.3 Å². The van der Waals surface area contributed by atoms with Gasteiger partial charge in [-0.1, -0.05) is 30.3 Å².